The van der Waals surface area contributed by atoms with Crippen LogP contribution < -0.4 is 5.32 Å². The molecular weight excluding hydrogens is 218 g/mol. The van der Waals surface area contributed by atoms with Crippen LogP contribution in [-0.4, -0.2) is 9.97 Å². The maximum absolute atomic E-state index is 4.50. The molecule has 2 aromatic heterocycles. The maximum atomic E-state index is 4.50. The van der Waals surface area contributed by atoms with Crippen LogP contribution in [0.15, 0.2) is 23.7 Å². The van der Waals surface area contributed by atoms with Crippen molar-refractivity contribution < 1.29 is 0 Å². The lowest BCUT2D eigenvalue weighted by Crippen LogP contribution is -2.03. The summed E-state index contributed by atoms with van der Waals surface area (Å²) in [6.45, 7) is 4.92. The second-order valence-electron chi connectivity index (χ2n) is 3.61. The Morgan fingerprint density at radius 2 is 2.31 bits per heavy atom. The van der Waals surface area contributed by atoms with Gasteiger partial charge in [0.15, 0.2) is 0 Å². The normalized spacial score (nSPS) is 10.4. The summed E-state index contributed by atoms with van der Waals surface area (Å²) >= 11 is 1.72. The molecule has 2 aromatic rings. The summed E-state index contributed by atoms with van der Waals surface area (Å²) in [7, 11) is 0. The number of pyridine rings is 1. The molecule has 0 radical (unpaired) electrons. The van der Waals surface area contributed by atoms with Crippen molar-refractivity contribution in [3.8, 4) is 0 Å². The van der Waals surface area contributed by atoms with E-state index in [0.717, 1.165) is 30.0 Å². The smallest absolute Gasteiger partial charge is 0.129 e. The van der Waals surface area contributed by atoms with E-state index in [4.69, 9.17) is 0 Å². The van der Waals surface area contributed by atoms with Crippen molar-refractivity contribution in [2.75, 3.05) is 5.32 Å². The molecule has 2 heterocycles. The zero-order valence-electron chi connectivity index (χ0n) is 9.53. The van der Waals surface area contributed by atoms with Gasteiger partial charge in [-0.1, -0.05) is 13.0 Å². The summed E-state index contributed by atoms with van der Waals surface area (Å²) in [5, 5.41) is 6.59. The summed E-state index contributed by atoms with van der Waals surface area (Å²) in [4.78, 5) is 8.79. The number of nitrogens with one attached hydrogen (secondary N) is 1. The number of anilines is 1. The molecule has 4 heteroatoms. The highest BCUT2D eigenvalue weighted by molar-refractivity contribution is 7.09. The number of thiazole rings is 1. The minimum Gasteiger partial charge on any atom is -0.364 e. The van der Waals surface area contributed by atoms with Crippen LogP contribution in [0.1, 0.15) is 23.2 Å². The fourth-order valence-electron chi connectivity index (χ4n) is 1.44. The predicted molar refractivity (Wildman–Crippen MR) is 67.8 cm³/mol. The first-order valence-electron chi connectivity index (χ1n) is 5.38. The second-order valence-corrected chi connectivity index (χ2v) is 4.55. The van der Waals surface area contributed by atoms with E-state index in [-0.39, 0.29) is 0 Å². The maximum Gasteiger partial charge on any atom is 0.129 e. The summed E-state index contributed by atoms with van der Waals surface area (Å²) in [6.07, 6.45) is 2.81. The summed E-state index contributed by atoms with van der Waals surface area (Å²) in [5.41, 5.74) is 2.25. The van der Waals surface area contributed by atoms with Gasteiger partial charge >= 0.3 is 0 Å². The summed E-state index contributed by atoms with van der Waals surface area (Å²) in [5.74, 6) is 0.938. The highest BCUT2D eigenvalue weighted by atomic mass is 32.1. The molecule has 16 heavy (non-hydrogen) atoms. The molecule has 0 spiro atoms. The van der Waals surface area contributed by atoms with Gasteiger partial charge in [-0.15, -0.1) is 11.3 Å². The third-order valence-corrected chi connectivity index (χ3v) is 3.39. The molecule has 2 rings (SSSR count). The molecule has 0 aliphatic carbocycles. The zero-order valence-corrected chi connectivity index (χ0v) is 10.3. The number of hydrogen-bond acceptors (Lipinski definition) is 4. The van der Waals surface area contributed by atoms with Crippen molar-refractivity contribution in [3.05, 3.63) is 40.0 Å². The minimum absolute atomic E-state index is 0.744. The summed E-state index contributed by atoms with van der Waals surface area (Å²) in [6, 6.07) is 3.99. The van der Waals surface area contributed by atoms with Gasteiger partial charge in [0.1, 0.15) is 5.82 Å². The van der Waals surface area contributed by atoms with Crippen LogP contribution in [0.2, 0.25) is 0 Å². The Morgan fingerprint density at radius 1 is 1.44 bits per heavy atom. The molecule has 0 fully saturated rings. The molecule has 0 unspecified atom stereocenters. The van der Waals surface area contributed by atoms with Crippen LogP contribution in [-0.2, 0) is 13.0 Å². The van der Waals surface area contributed by atoms with Crippen molar-refractivity contribution in [2.24, 2.45) is 0 Å². The summed E-state index contributed by atoms with van der Waals surface area (Å²) < 4.78 is 0. The van der Waals surface area contributed by atoms with E-state index < -0.39 is 0 Å². The molecule has 0 aliphatic heterocycles. The van der Waals surface area contributed by atoms with Crippen molar-refractivity contribution in [1.29, 1.82) is 0 Å². The lowest BCUT2D eigenvalue weighted by atomic mass is 10.3. The Bertz CT molecular complexity index is 465. The van der Waals surface area contributed by atoms with Gasteiger partial charge < -0.3 is 5.32 Å². The Balaban J connectivity index is 1.99. The topological polar surface area (TPSA) is 37.8 Å². The van der Waals surface area contributed by atoms with Crippen molar-refractivity contribution in [1.82, 2.24) is 9.97 Å². The van der Waals surface area contributed by atoms with E-state index in [0.29, 0.717) is 0 Å². The quantitative estimate of drug-likeness (QED) is 0.882. The number of aromatic nitrogens is 2. The van der Waals surface area contributed by atoms with E-state index in [1.54, 1.807) is 17.5 Å². The molecule has 1 N–H and O–H groups in total. The molecule has 3 nitrogen and oxygen atoms in total. The average Bonchev–Trinajstić information content (AvgIpc) is 2.76. The minimum atomic E-state index is 0.744. The van der Waals surface area contributed by atoms with E-state index in [2.05, 4.69) is 27.6 Å². The average molecular weight is 233 g/mol. The van der Waals surface area contributed by atoms with Crippen LogP contribution in [0.5, 0.6) is 0 Å². The van der Waals surface area contributed by atoms with E-state index in [9.17, 15) is 0 Å². The van der Waals surface area contributed by atoms with E-state index >= 15 is 0 Å². The lowest BCUT2D eigenvalue weighted by Gasteiger charge is -2.05. The fraction of sp³-hybridized carbons (Fsp3) is 0.333. The van der Waals surface area contributed by atoms with Crippen LogP contribution in [0.3, 0.4) is 0 Å². The number of rotatable bonds is 4. The second kappa shape index (κ2) is 5.07. The zero-order chi connectivity index (χ0) is 11.4. The van der Waals surface area contributed by atoms with E-state index in [1.807, 2.05) is 19.1 Å². The van der Waals surface area contributed by atoms with Gasteiger partial charge in [0.25, 0.3) is 0 Å². The van der Waals surface area contributed by atoms with Crippen LogP contribution in [0, 0.1) is 6.92 Å². The molecule has 0 atom stereocenters. The van der Waals surface area contributed by atoms with Gasteiger partial charge in [-0.05, 0) is 25.0 Å². The molecule has 0 saturated carbocycles. The monoisotopic (exact) mass is 233 g/mol. The van der Waals surface area contributed by atoms with Crippen molar-refractivity contribution in [2.45, 2.75) is 26.8 Å². The van der Waals surface area contributed by atoms with Gasteiger partial charge in [0, 0.05) is 11.6 Å². The highest BCUT2D eigenvalue weighted by Gasteiger charge is 2.01. The first kappa shape index (κ1) is 11.1. The fourth-order valence-corrected chi connectivity index (χ4v) is 2.18. The third kappa shape index (κ3) is 2.58. The molecule has 0 aromatic carbocycles. The largest absolute Gasteiger partial charge is 0.364 e. The molecule has 0 saturated heterocycles. The van der Waals surface area contributed by atoms with Gasteiger partial charge in [0.2, 0.25) is 0 Å². The first-order valence-corrected chi connectivity index (χ1v) is 6.26. The van der Waals surface area contributed by atoms with E-state index in [1.165, 1.54) is 5.01 Å². The third-order valence-electron chi connectivity index (χ3n) is 2.35. The first-order chi connectivity index (χ1) is 7.79. The van der Waals surface area contributed by atoms with Crippen LogP contribution in [0.25, 0.3) is 0 Å². The lowest BCUT2D eigenvalue weighted by molar-refractivity contribution is 0.998. The Morgan fingerprint density at radius 3 is 3.00 bits per heavy atom. The van der Waals surface area contributed by atoms with Crippen molar-refractivity contribution >= 4 is 17.2 Å². The van der Waals surface area contributed by atoms with Gasteiger partial charge in [0.05, 0.1) is 17.2 Å². The number of nitrogens with zero attached hydrogens (tertiary/aromatic N) is 2. The van der Waals surface area contributed by atoms with Gasteiger partial charge in [-0.2, -0.15) is 0 Å². The van der Waals surface area contributed by atoms with Crippen LogP contribution >= 0.6 is 11.3 Å². The Kier molecular flexibility index (Phi) is 3.51. The van der Waals surface area contributed by atoms with Crippen molar-refractivity contribution in [3.63, 3.8) is 0 Å². The molecule has 0 aliphatic rings. The molecule has 0 bridgehead atoms. The van der Waals surface area contributed by atoms with Crippen LogP contribution in [0.4, 0.5) is 5.82 Å². The standard InChI is InChI=1S/C12H15N3S/c1-3-11-15-10(8-16-11)7-14-12-9(2)5-4-6-13-12/h4-6,8H,3,7H2,1-2H3,(H,13,14). The molecular formula is C12H15N3S. The highest BCUT2D eigenvalue weighted by Crippen LogP contribution is 2.13. The predicted octanol–water partition coefficient (Wildman–Crippen LogP) is 3.02. The SMILES string of the molecule is CCc1nc(CNc2ncccc2C)cs1. The Labute approximate surface area is 99.6 Å². The molecule has 84 valence electrons. The van der Waals surface area contributed by atoms with Gasteiger partial charge in [-0.3, -0.25) is 0 Å². The molecule has 0 amide bonds. The number of hydrogen-bond donors (Lipinski definition) is 1. The van der Waals surface area contributed by atoms with Gasteiger partial charge in [-0.25, -0.2) is 9.97 Å². The Hall–Kier alpha value is -1.42. The number of aryl methyl sites for hydroxylation is 2.